The number of fused-ring (bicyclic) bond motifs is 1. The molecule has 8 rings (SSSR count). The van der Waals surface area contributed by atoms with Crippen LogP contribution in [0.4, 0.5) is 16.6 Å². The van der Waals surface area contributed by atoms with Gasteiger partial charge in [0.1, 0.15) is 12.2 Å². The molecule has 3 fully saturated rings. The first-order valence-electron chi connectivity index (χ1n) is 20.4. The van der Waals surface area contributed by atoms with Crippen molar-refractivity contribution >= 4 is 46.7 Å². The number of nitrogens with one attached hydrogen (secondary N) is 4. The van der Waals surface area contributed by atoms with Gasteiger partial charge in [0.05, 0.1) is 11.9 Å². The molecular weight excluding hydrogens is 785 g/mol. The SMILES string of the molecule is CCNC(=O)[C@H]1O[C@@H](n2cnc3c(NCC(c4ccccc4)c4ccccc4)nc(N4CC[C@@H](NC(=O)N[C@@H]5CCN(C(=O)c6ccc(C(=O)O)cc6)C5)C4)nc32)[C@H](O)[C@@H]1O. The smallest absolute Gasteiger partial charge is 0.335 e. The summed E-state index contributed by atoms with van der Waals surface area (Å²) in [6.45, 7) is 4.16. The Morgan fingerprint density at radius 2 is 1.46 bits per heavy atom. The number of hydrogen-bond donors (Lipinski definition) is 7. The van der Waals surface area contributed by atoms with Gasteiger partial charge in [0.15, 0.2) is 29.3 Å². The fourth-order valence-corrected chi connectivity index (χ4v) is 8.21. The summed E-state index contributed by atoms with van der Waals surface area (Å²) < 4.78 is 7.47. The normalized spacial score (nSPS) is 22.4. The molecular formula is C43H48N10O8. The zero-order chi connectivity index (χ0) is 42.6. The van der Waals surface area contributed by atoms with E-state index < -0.39 is 36.4 Å². The quantitative estimate of drug-likeness (QED) is 0.0904. The third kappa shape index (κ3) is 8.82. The molecule has 5 aromatic rings. The van der Waals surface area contributed by atoms with Gasteiger partial charge < -0.3 is 51.1 Å². The van der Waals surface area contributed by atoms with Crippen LogP contribution < -0.4 is 26.2 Å². The maximum Gasteiger partial charge on any atom is 0.335 e. The number of nitrogens with zero attached hydrogens (tertiary/aromatic N) is 6. The Hall–Kier alpha value is -6.63. The maximum atomic E-state index is 13.2. The van der Waals surface area contributed by atoms with Crippen molar-refractivity contribution in [3.8, 4) is 0 Å². The van der Waals surface area contributed by atoms with Crippen LogP contribution in [0.2, 0.25) is 0 Å². The Bertz CT molecular complexity index is 2330. The summed E-state index contributed by atoms with van der Waals surface area (Å²) in [7, 11) is 0. The average molecular weight is 833 g/mol. The predicted octanol–water partition coefficient (Wildman–Crippen LogP) is 2.32. The van der Waals surface area contributed by atoms with Gasteiger partial charge in [-0.05, 0) is 55.2 Å². The highest BCUT2D eigenvalue weighted by Gasteiger charge is 2.48. The third-order valence-electron chi connectivity index (χ3n) is 11.4. The predicted molar refractivity (Wildman–Crippen MR) is 223 cm³/mol. The van der Waals surface area contributed by atoms with Crippen LogP contribution in [0.15, 0.2) is 91.3 Å². The number of aliphatic hydroxyl groups is 2. The van der Waals surface area contributed by atoms with E-state index in [1.807, 2.05) is 41.3 Å². The first kappa shape index (κ1) is 41.1. The van der Waals surface area contributed by atoms with Crippen LogP contribution >= 0.6 is 0 Å². The Kier molecular flexibility index (Phi) is 12.1. The topological polar surface area (TPSA) is 236 Å². The molecule has 2 aromatic heterocycles. The number of carbonyl (C=O) groups excluding carboxylic acids is 3. The number of carboxylic acid groups (broad SMARTS) is 1. The van der Waals surface area contributed by atoms with Gasteiger partial charge >= 0.3 is 12.0 Å². The molecule has 4 amide bonds. The maximum absolute atomic E-state index is 13.2. The van der Waals surface area contributed by atoms with E-state index in [1.54, 1.807) is 11.8 Å². The number of hydrogen-bond acceptors (Lipinski definition) is 12. The molecule has 0 radical (unpaired) electrons. The Morgan fingerprint density at radius 3 is 2.11 bits per heavy atom. The number of benzene rings is 3. The lowest BCUT2D eigenvalue weighted by Gasteiger charge is -2.22. The Balaban J connectivity index is 0.991. The average Bonchev–Trinajstić information content (AvgIpc) is 4.09. The van der Waals surface area contributed by atoms with Gasteiger partial charge in [-0.1, -0.05) is 60.7 Å². The molecule has 318 valence electrons. The molecule has 0 bridgehead atoms. The van der Waals surface area contributed by atoms with Crippen LogP contribution in [0.3, 0.4) is 0 Å². The molecule has 3 aromatic carbocycles. The van der Waals surface area contributed by atoms with Crippen LogP contribution in [0.1, 0.15) is 63.8 Å². The molecule has 3 aliphatic heterocycles. The van der Waals surface area contributed by atoms with E-state index in [-0.39, 0.29) is 35.5 Å². The van der Waals surface area contributed by atoms with Crippen molar-refractivity contribution in [3.63, 3.8) is 0 Å². The highest BCUT2D eigenvalue weighted by Crippen LogP contribution is 2.35. The minimum Gasteiger partial charge on any atom is -0.478 e. The molecule has 61 heavy (non-hydrogen) atoms. The number of rotatable bonds is 13. The second kappa shape index (κ2) is 17.9. The highest BCUT2D eigenvalue weighted by molar-refractivity contribution is 5.96. The van der Waals surface area contributed by atoms with Crippen LogP contribution in [0, 0.1) is 0 Å². The van der Waals surface area contributed by atoms with E-state index in [0.717, 1.165) is 11.1 Å². The van der Waals surface area contributed by atoms with Gasteiger partial charge in [0.2, 0.25) is 5.95 Å². The number of aliphatic hydroxyl groups excluding tert-OH is 2. The fourth-order valence-electron chi connectivity index (χ4n) is 8.21. The van der Waals surface area contributed by atoms with Crippen LogP contribution in [-0.2, 0) is 9.53 Å². The number of anilines is 2. The lowest BCUT2D eigenvalue weighted by molar-refractivity contribution is -0.137. The second-order valence-electron chi connectivity index (χ2n) is 15.4. The first-order valence-corrected chi connectivity index (χ1v) is 20.4. The van der Waals surface area contributed by atoms with E-state index in [4.69, 9.17) is 14.7 Å². The number of urea groups is 1. The standard InChI is InChI=1S/C43H48N10O8/c1-2-44-38(56)35-33(54)34(55)40(61-35)53-24-46-32-36(45-21-31(25-9-5-3-6-10-25)26-11-7-4-8-12-26)49-42(50-37(32)53)52-20-18-30(23-52)48-43(60)47-29-17-19-51(22-29)39(57)27-13-15-28(16-14-27)41(58)59/h3-16,24,29-31,33-35,40,54-55H,2,17-23H2,1H3,(H,44,56)(H,58,59)(H,45,49,50)(H2,47,48,60)/t29-,30-,33+,34-,35+,40-/m1/s1. The monoisotopic (exact) mass is 832 g/mol. The first-order chi connectivity index (χ1) is 29.6. The van der Waals surface area contributed by atoms with Crippen molar-refractivity contribution < 1.29 is 39.2 Å². The zero-order valence-electron chi connectivity index (χ0n) is 33.4. The summed E-state index contributed by atoms with van der Waals surface area (Å²) in [5.74, 6) is -1.14. The number of aromatic nitrogens is 4. The van der Waals surface area contributed by atoms with Crippen molar-refractivity contribution in [2.45, 2.75) is 62.3 Å². The largest absolute Gasteiger partial charge is 0.478 e. The second-order valence-corrected chi connectivity index (χ2v) is 15.4. The van der Waals surface area contributed by atoms with Gasteiger partial charge in [-0.25, -0.2) is 14.6 Å². The van der Waals surface area contributed by atoms with E-state index in [9.17, 15) is 34.5 Å². The number of carboxylic acids is 1. The van der Waals surface area contributed by atoms with Crippen molar-refractivity contribution in [2.75, 3.05) is 49.5 Å². The molecule has 18 heteroatoms. The Morgan fingerprint density at radius 1 is 0.820 bits per heavy atom. The Labute approximate surface area is 351 Å². The lowest BCUT2D eigenvalue weighted by Crippen LogP contribution is -2.48. The molecule has 7 N–H and O–H groups in total. The van der Waals surface area contributed by atoms with Gasteiger partial charge in [-0.2, -0.15) is 9.97 Å². The fraction of sp³-hybridized carbons (Fsp3) is 0.372. The molecule has 18 nitrogen and oxygen atoms in total. The number of amides is 4. The molecule has 3 saturated heterocycles. The summed E-state index contributed by atoms with van der Waals surface area (Å²) in [6.07, 6.45) is -2.84. The van der Waals surface area contributed by atoms with E-state index in [0.29, 0.717) is 80.6 Å². The van der Waals surface area contributed by atoms with Gasteiger partial charge in [-0.3, -0.25) is 14.2 Å². The molecule has 5 heterocycles. The van der Waals surface area contributed by atoms with Crippen molar-refractivity contribution in [3.05, 3.63) is 114 Å². The summed E-state index contributed by atoms with van der Waals surface area (Å²) >= 11 is 0. The van der Waals surface area contributed by atoms with Crippen molar-refractivity contribution in [2.24, 2.45) is 0 Å². The van der Waals surface area contributed by atoms with Crippen LogP contribution in [-0.4, -0.2) is 133 Å². The van der Waals surface area contributed by atoms with Gasteiger partial charge in [0, 0.05) is 62.8 Å². The molecule has 6 atom stereocenters. The molecule has 3 aliphatic rings. The molecule has 0 unspecified atom stereocenters. The number of carbonyl (C=O) groups is 4. The lowest BCUT2D eigenvalue weighted by atomic mass is 9.91. The third-order valence-corrected chi connectivity index (χ3v) is 11.4. The van der Waals surface area contributed by atoms with E-state index in [1.165, 1.54) is 35.2 Å². The van der Waals surface area contributed by atoms with Gasteiger partial charge in [0.25, 0.3) is 11.8 Å². The van der Waals surface area contributed by atoms with Gasteiger partial charge in [-0.15, -0.1) is 0 Å². The minimum absolute atomic E-state index is 0.0553. The van der Waals surface area contributed by atoms with Crippen molar-refractivity contribution in [1.82, 2.24) is 40.4 Å². The molecule has 0 spiro atoms. The molecule has 0 aliphatic carbocycles. The van der Waals surface area contributed by atoms with Crippen LogP contribution in [0.5, 0.6) is 0 Å². The number of imidazole rings is 1. The summed E-state index contributed by atoms with van der Waals surface area (Å²) in [5, 5.41) is 43.4. The molecule has 0 saturated carbocycles. The number of aromatic carboxylic acids is 1. The van der Waals surface area contributed by atoms with E-state index >= 15 is 0 Å². The van der Waals surface area contributed by atoms with E-state index in [2.05, 4.69) is 50.5 Å². The van der Waals surface area contributed by atoms with Crippen molar-refractivity contribution in [1.29, 1.82) is 0 Å². The summed E-state index contributed by atoms with van der Waals surface area (Å²) in [6, 6.07) is 25.1. The van der Waals surface area contributed by atoms with Crippen LogP contribution in [0.25, 0.3) is 11.2 Å². The summed E-state index contributed by atoms with van der Waals surface area (Å²) in [5.41, 5.74) is 3.37. The minimum atomic E-state index is -1.49. The number of likely N-dealkylation sites (N-methyl/N-ethyl adjacent to an activating group) is 1. The number of ether oxygens (including phenoxy) is 1. The highest BCUT2D eigenvalue weighted by atomic mass is 16.6. The zero-order valence-corrected chi connectivity index (χ0v) is 33.4. The summed E-state index contributed by atoms with van der Waals surface area (Å²) in [4.78, 5) is 68.3. The number of likely N-dealkylation sites (tertiary alicyclic amines) is 1.